The quantitative estimate of drug-likeness (QED) is 0.669. The fourth-order valence-electron chi connectivity index (χ4n) is 2.93. The summed E-state index contributed by atoms with van der Waals surface area (Å²) in [5.41, 5.74) is 4.78. The van der Waals surface area contributed by atoms with Crippen LogP contribution in [0.2, 0.25) is 0 Å². The Bertz CT molecular complexity index is 658. The maximum Gasteiger partial charge on any atom is 0.271 e. The Balaban J connectivity index is 1.85. The fourth-order valence-corrected chi connectivity index (χ4v) is 2.93. The Labute approximate surface area is 122 Å². The van der Waals surface area contributed by atoms with Gasteiger partial charge in [0.2, 0.25) is 5.95 Å². The van der Waals surface area contributed by atoms with Crippen molar-refractivity contribution in [3.05, 3.63) is 28.3 Å². The lowest BCUT2D eigenvalue weighted by atomic mass is 10.00. The number of aromatic nitrogens is 2. The number of nitro benzene ring substituents is 1. The van der Waals surface area contributed by atoms with E-state index in [1.165, 1.54) is 18.6 Å². The lowest BCUT2D eigenvalue weighted by molar-refractivity contribution is -0.384. The molecule has 2 heterocycles. The molecule has 0 amide bonds. The van der Waals surface area contributed by atoms with Crippen LogP contribution in [0.25, 0.3) is 11.0 Å². The fraction of sp³-hybridized carbons (Fsp3) is 0.500. The largest absolute Gasteiger partial charge is 0.323 e. The number of non-ortho nitro benzene ring substituents is 1. The first-order chi connectivity index (χ1) is 10.0. The highest BCUT2D eigenvalue weighted by atomic mass is 16.6. The highest BCUT2D eigenvalue weighted by molar-refractivity contribution is 5.79. The Hall–Kier alpha value is -2.15. The number of aromatic amines is 1. The number of anilines is 1. The molecular formula is C14H19N5O2. The van der Waals surface area contributed by atoms with Crippen LogP contribution in [0.3, 0.4) is 0 Å². The van der Waals surface area contributed by atoms with Crippen LogP contribution in [0.4, 0.5) is 11.6 Å². The summed E-state index contributed by atoms with van der Waals surface area (Å²) in [6, 6.07) is 5.53. The molecule has 7 heteroatoms. The van der Waals surface area contributed by atoms with Crippen molar-refractivity contribution in [3.63, 3.8) is 0 Å². The lowest BCUT2D eigenvalue weighted by Gasteiger charge is -2.38. The number of fused-ring (bicyclic) bond motifs is 1. The highest BCUT2D eigenvalue weighted by Gasteiger charge is 2.25. The molecule has 2 N–H and O–H groups in total. The number of H-pyrrole nitrogens is 1. The summed E-state index contributed by atoms with van der Waals surface area (Å²) < 4.78 is 0. The summed E-state index contributed by atoms with van der Waals surface area (Å²) >= 11 is 0. The molecule has 2 aromatic rings. The molecule has 2 atom stereocenters. The monoisotopic (exact) mass is 289 g/mol. The van der Waals surface area contributed by atoms with E-state index in [-0.39, 0.29) is 5.69 Å². The molecule has 0 aliphatic carbocycles. The van der Waals surface area contributed by atoms with Gasteiger partial charge in [0.05, 0.1) is 16.0 Å². The summed E-state index contributed by atoms with van der Waals surface area (Å²) in [5.74, 6) is 0.631. The van der Waals surface area contributed by atoms with Crippen LogP contribution in [0, 0.1) is 10.1 Å². The number of nitrogens with zero attached hydrogens (tertiary/aromatic N) is 3. The summed E-state index contributed by atoms with van der Waals surface area (Å²) in [4.78, 5) is 18.0. The van der Waals surface area contributed by atoms with E-state index in [4.69, 9.17) is 0 Å². The molecule has 1 aliphatic heterocycles. The van der Waals surface area contributed by atoms with Gasteiger partial charge < -0.3 is 4.98 Å². The zero-order chi connectivity index (χ0) is 15.0. The summed E-state index contributed by atoms with van der Waals surface area (Å²) in [6.07, 6.45) is 3.55. The standard InChI is InChI=1S/C14H19N5O2/c1-9-4-3-5-10(2)18(9)17-14-15-12-7-6-11(19(20)21)8-13(12)16-14/h6-10H,3-5H2,1-2H3,(H2,15,16,17). The van der Waals surface area contributed by atoms with Crippen LogP contribution in [-0.4, -0.2) is 32.0 Å². The van der Waals surface area contributed by atoms with Crippen molar-refractivity contribution in [2.24, 2.45) is 0 Å². The number of nitro groups is 1. The molecule has 0 spiro atoms. The second-order valence-electron chi connectivity index (χ2n) is 5.69. The molecule has 21 heavy (non-hydrogen) atoms. The van der Waals surface area contributed by atoms with Gasteiger partial charge in [0.1, 0.15) is 0 Å². The molecule has 112 valence electrons. The Morgan fingerprint density at radius 2 is 2.10 bits per heavy atom. The molecule has 1 aromatic heterocycles. The van der Waals surface area contributed by atoms with E-state index in [1.54, 1.807) is 6.07 Å². The number of nitrogens with one attached hydrogen (secondary N) is 2. The minimum atomic E-state index is -0.401. The van der Waals surface area contributed by atoms with Crippen molar-refractivity contribution in [1.82, 2.24) is 15.0 Å². The van der Waals surface area contributed by atoms with Crippen LogP contribution >= 0.6 is 0 Å². The maximum atomic E-state index is 10.8. The summed E-state index contributed by atoms with van der Waals surface area (Å²) in [5, 5.41) is 13.0. The number of benzene rings is 1. The molecule has 0 saturated carbocycles. The smallest absolute Gasteiger partial charge is 0.271 e. The molecule has 1 saturated heterocycles. The average molecular weight is 289 g/mol. The van der Waals surface area contributed by atoms with Gasteiger partial charge in [-0.15, -0.1) is 0 Å². The minimum Gasteiger partial charge on any atom is -0.323 e. The molecule has 3 rings (SSSR count). The van der Waals surface area contributed by atoms with Crippen LogP contribution in [-0.2, 0) is 0 Å². The Kier molecular flexibility index (Phi) is 3.50. The van der Waals surface area contributed by atoms with Gasteiger partial charge in [-0.1, -0.05) is 6.42 Å². The van der Waals surface area contributed by atoms with Gasteiger partial charge in [-0.05, 0) is 32.8 Å². The van der Waals surface area contributed by atoms with Crippen molar-refractivity contribution in [2.75, 3.05) is 5.43 Å². The third-order valence-corrected chi connectivity index (χ3v) is 4.10. The van der Waals surface area contributed by atoms with Crippen molar-refractivity contribution in [2.45, 2.75) is 45.2 Å². The van der Waals surface area contributed by atoms with Gasteiger partial charge in [0.15, 0.2) is 0 Å². The molecule has 0 radical (unpaired) electrons. The number of hydrazine groups is 1. The number of imidazole rings is 1. The second kappa shape index (κ2) is 5.33. The topological polar surface area (TPSA) is 87.1 Å². The Morgan fingerprint density at radius 3 is 2.76 bits per heavy atom. The van der Waals surface area contributed by atoms with E-state index in [9.17, 15) is 10.1 Å². The van der Waals surface area contributed by atoms with Gasteiger partial charge >= 0.3 is 0 Å². The summed E-state index contributed by atoms with van der Waals surface area (Å²) in [7, 11) is 0. The van der Waals surface area contributed by atoms with Crippen LogP contribution in [0.15, 0.2) is 18.2 Å². The van der Waals surface area contributed by atoms with Crippen molar-refractivity contribution in [1.29, 1.82) is 0 Å². The molecule has 1 fully saturated rings. The van der Waals surface area contributed by atoms with E-state index < -0.39 is 4.92 Å². The minimum absolute atomic E-state index is 0.0670. The van der Waals surface area contributed by atoms with Gasteiger partial charge in [0, 0.05) is 24.2 Å². The zero-order valence-electron chi connectivity index (χ0n) is 12.2. The van der Waals surface area contributed by atoms with Gasteiger partial charge in [-0.25, -0.2) is 9.99 Å². The SMILES string of the molecule is CC1CCCC(C)N1Nc1nc2ccc([N+](=O)[O-])cc2[nH]1. The first kappa shape index (κ1) is 13.8. The van der Waals surface area contributed by atoms with Gasteiger partial charge in [0.25, 0.3) is 5.69 Å². The van der Waals surface area contributed by atoms with Crippen LogP contribution < -0.4 is 5.43 Å². The van der Waals surface area contributed by atoms with Crippen LogP contribution in [0.1, 0.15) is 33.1 Å². The first-order valence-corrected chi connectivity index (χ1v) is 7.24. The van der Waals surface area contributed by atoms with E-state index in [1.807, 2.05) is 0 Å². The number of piperidine rings is 1. The first-order valence-electron chi connectivity index (χ1n) is 7.24. The second-order valence-corrected chi connectivity index (χ2v) is 5.69. The predicted octanol–water partition coefficient (Wildman–Crippen LogP) is 3.06. The van der Waals surface area contributed by atoms with Crippen molar-refractivity contribution >= 4 is 22.7 Å². The van der Waals surface area contributed by atoms with E-state index >= 15 is 0 Å². The third kappa shape index (κ3) is 2.69. The summed E-state index contributed by atoms with van der Waals surface area (Å²) in [6.45, 7) is 4.38. The number of hydrogen-bond acceptors (Lipinski definition) is 5. The van der Waals surface area contributed by atoms with E-state index in [0.29, 0.717) is 23.5 Å². The van der Waals surface area contributed by atoms with Gasteiger partial charge in [-0.3, -0.25) is 15.5 Å². The normalized spacial score (nSPS) is 23.3. The average Bonchev–Trinajstić information content (AvgIpc) is 2.84. The van der Waals surface area contributed by atoms with E-state index in [0.717, 1.165) is 18.4 Å². The molecule has 2 unspecified atom stereocenters. The molecule has 1 aliphatic rings. The van der Waals surface area contributed by atoms with Crippen molar-refractivity contribution in [3.8, 4) is 0 Å². The van der Waals surface area contributed by atoms with Gasteiger partial charge in [-0.2, -0.15) is 0 Å². The van der Waals surface area contributed by atoms with E-state index in [2.05, 4.69) is 34.3 Å². The predicted molar refractivity (Wildman–Crippen MR) is 81.0 cm³/mol. The molecule has 0 bridgehead atoms. The maximum absolute atomic E-state index is 10.8. The molecule has 7 nitrogen and oxygen atoms in total. The lowest BCUT2D eigenvalue weighted by Crippen LogP contribution is -2.47. The highest BCUT2D eigenvalue weighted by Crippen LogP contribution is 2.25. The molecule has 1 aromatic carbocycles. The third-order valence-electron chi connectivity index (χ3n) is 4.10. The van der Waals surface area contributed by atoms with Crippen molar-refractivity contribution < 1.29 is 4.92 Å². The van der Waals surface area contributed by atoms with Crippen LogP contribution in [0.5, 0.6) is 0 Å². The number of rotatable bonds is 3. The zero-order valence-corrected chi connectivity index (χ0v) is 12.2. The molecular weight excluding hydrogens is 270 g/mol. The Morgan fingerprint density at radius 1 is 1.38 bits per heavy atom. The number of hydrogen-bond donors (Lipinski definition) is 2.